The van der Waals surface area contributed by atoms with Crippen LogP contribution in [0, 0.1) is 0 Å². The molecule has 0 spiro atoms. The van der Waals surface area contributed by atoms with E-state index in [4.69, 9.17) is 0 Å². The molecule has 3 heteroatoms. The van der Waals surface area contributed by atoms with Gasteiger partial charge in [0.05, 0.1) is 26.2 Å². The summed E-state index contributed by atoms with van der Waals surface area (Å²) in [5, 5.41) is 0. The van der Waals surface area contributed by atoms with E-state index in [0.717, 1.165) is 30.7 Å². The zero-order valence-electron chi connectivity index (χ0n) is 9.23. The van der Waals surface area contributed by atoms with Crippen molar-refractivity contribution in [2.75, 3.05) is 26.2 Å². The standard InChI is InChI=1S/C12H20N.2FH/c1-5-9-13(10-6-2,11-7-3)12-8-4;;/h5-8H,1-4,9-12H2;2*1H/q+1;;. The van der Waals surface area contributed by atoms with Gasteiger partial charge >= 0.3 is 0 Å². The Morgan fingerprint density at radius 3 is 0.933 bits per heavy atom. The largest absolute Gasteiger partial charge is 0.311 e. The Hall–Kier alpha value is -1.22. The zero-order chi connectivity index (χ0) is 10.2. The lowest BCUT2D eigenvalue weighted by atomic mass is 10.3. The molecule has 0 aliphatic rings. The van der Waals surface area contributed by atoms with Crippen molar-refractivity contribution in [1.82, 2.24) is 0 Å². The molecule has 0 N–H and O–H groups in total. The fourth-order valence-corrected chi connectivity index (χ4v) is 1.54. The topological polar surface area (TPSA) is 0 Å². The molecule has 0 aromatic rings. The first-order valence-corrected chi connectivity index (χ1v) is 4.53. The van der Waals surface area contributed by atoms with E-state index in [1.165, 1.54) is 0 Å². The molecule has 0 aliphatic carbocycles. The summed E-state index contributed by atoms with van der Waals surface area (Å²) in [5.41, 5.74) is 0. The van der Waals surface area contributed by atoms with Crippen LogP contribution in [0.4, 0.5) is 9.41 Å². The van der Waals surface area contributed by atoms with Gasteiger partial charge in [-0.05, 0) is 24.3 Å². The van der Waals surface area contributed by atoms with Crippen LogP contribution in [0.15, 0.2) is 50.6 Å². The van der Waals surface area contributed by atoms with Gasteiger partial charge in [0, 0.05) is 0 Å². The number of nitrogens with zero attached hydrogens (tertiary/aromatic N) is 1. The molecule has 0 amide bonds. The molecule has 0 heterocycles. The highest BCUT2D eigenvalue weighted by Gasteiger charge is 2.20. The van der Waals surface area contributed by atoms with E-state index in [1.54, 1.807) is 0 Å². The minimum atomic E-state index is 0. The van der Waals surface area contributed by atoms with E-state index in [9.17, 15) is 0 Å². The normalized spacial score (nSPS) is 9.07. The maximum atomic E-state index is 3.77. The highest BCUT2D eigenvalue weighted by molar-refractivity contribution is 4.79. The SMILES string of the molecule is C=CC[N+](CC=C)(CC=C)CC=C.F.F. The van der Waals surface area contributed by atoms with Crippen LogP contribution in [0.25, 0.3) is 0 Å². The Bertz CT molecular complexity index is 154. The zero-order valence-corrected chi connectivity index (χ0v) is 9.23. The van der Waals surface area contributed by atoms with E-state index in [2.05, 4.69) is 26.3 Å². The molecule has 0 fully saturated rings. The fraction of sp³-hybridized carbons (Fsp3) is 0.333. The van der Waals surface area contributed by atoms with E-state index in [1.807, 2.05) is 24.3 Å². The quantitative estimate of drug-likeness (QED) is 0.434. The van der Waals surface area contributed by atoms with Crippen molar-refractivity contribution >= 4 is 0 Å². The lowest BCUT2D eigenvalue weighted by Gasteiger charge is -2.35. The van der Waals surface area contributed by atoms with Crippen molar-refractivity contribution in [3.63, 3.8) is 0 Å². The highest BCUT2D eigenvalue weighted by atomic mass is 19.0. The van der Waals surface area contributed by atoms with Crippen LogP contribution in [-0.2, 0) is 0 Å². The first-order valence-electron chi connectivity index (χ1n) is 4.53. The monoisotopic (exact) mass is 218 g/mol. The van der Waals surface area contributed by atoms with Gasteiger partial charge in [0.1, 0.15) is 0 Å². The van der Waals surface area contributed by atoms with Crippen molar-refractivity contribution in [2.45, 2.75) is 0 Å². The number of rotatable bonds is 8. The minimum absolute atomic E-state index is 0. The molecule has 1 nitrogen and oxygen atoms in total. The molecule has 0 saturated heterocycles. The average Bonchev–Trinajstić information content (AvgIpc) is 2.06. The second-order valence-corrected chi connectivity index (χ2v) is 3.23. The number of quaternary nitrogens is 1. The van der Waals surface area contributed by atoms with Crippen molar-refractivity contribution in [1.29, 1.82) is 0 Å². The molecular weight excluding hydrogens is 196 g/mol. The van der Waals surface area contributed by atoms with Crippen LogP contribution in [0.5, 0.6) is 0 Å². The summed E-state index contributed by atoms with van der Waals surface area (Å²) in [6, 6.07) is 0. The molecule has 0 bridgehead atoms. The van der Waals surface area contributed by atoms with Gasteiger partial charge in [0.25, 0.3) is 0 Å². The van der Waals surface area contributed by atoms with E-state index >= 15 is 0 Å². The van der Waals surface area contributed by atoms with Gasteiger partial charge in [-0.1, -0.05) is 26.3 Å². The third-order valence-corrected chi connectivity index (χ3v) is 2.07. The Morgan fingerprint density at radius 1 is 0.600 bits per heavy atom. The number of halogens is 2. The molecule has 88 valence electrons. The summed E-state index contributed by atoms with van der Waals surface area (Å²) in [5.74, 6) is 0. The summed E-state index contributed by atoms with van der Waals surface area (Å²) < 4.78 is 0.903. The maximum Gasteiger partial charge on any atom is 0.0978 e. The number of hydrogen-bond donors (Lipinski definition) is 0. The van der Waals surface area contributed by atoms with E-state index < -0.39 is 0 Å². The lowest BCUT2D eigenvalue weighted by molar-refractivity contribution is -0.906. The minimum Gasteiger partial charge on any atom is -0.311 e. The summed E-state index contributed by atoms with van der Waals surface area (Å²) in [6.07, 6.45) is 7.76. The van der Waals surface area contributed by atoms with Gasteiger partial charge in [-0.3, -0.25) is 9.41 Å². The third-order valence-electron chi connectivity index (χ3n) is 2.07. The average molecular weight is 218 g/mol. The van der Waals surface area contributed by atoms with Gasteiger partial charge in [0.2, 0.25) is 0 Å². The van der Waals surface area contributed by atoms with Gasteiger partial charge < -0.3 is 4.48 Å². The van der Waals surface area contributed by atoms with Gasteiger partial charge in [-0.25, -0.2) is 0 Å². The fourth-order valence-electron chi connectivity index (χ4n) is 1.54. The van der Waals surface area contributed by atoms with Crippen LogP contribution < -0.4 is 0 Å². The smallest absolute Gasteiger partial charge is 0.0978 e. The van der Waals surface area contributed by atoms with E-state index in [-0.39, 0.29) is 9.41 Å². The van der Waals surface area contributed by atoms with Gasteiger partial charge in [-0.15, -0.1) is 0 Å². The van der Waals surface area contributed by atoms with E-state index in [0.29, 0.717) is 0 Å². The van der Waals surface area contributed by atoms with Gasteiger partial charge in [0.15, 0.2) is 0 Å². The molecule has 0 atom stereocenters. The molecule has 0 radical (unpaired) electrons. The first kappa shape index (κ1) is 19.4. The van der Waals surface area contributed by atoms with Crippen LogP contribution in [-0.4, -0.2) is 30.7 Å². The van der Waals surface area contributed by atoms with Crippen LogP contribution >= 0.6 is 0 Å². The summed E-state index contributed by atoms with van der Waals surface area (Å²) in [6.45, 7) is 18.8. The molecule has 0 aromatic carbocycles. The van der Waals surface area contributed by atoms with Crippen LogP contribution in [0.1, 0.15) is 0 Å². The first-order chi connectivity index (χ1) is 6.24. The van der Waals surface area contributed by atoms with Crippen LogP contribution in [0.3, 0.4) is 0 Å². The third kappa shape index (κ3) is 6.80. The molecule has 15 heavy (non-hydrogen) atoms. The molecule has 0 saturated carbocycles. The van der Waals surface area contributed by atoms with Crippen molar-refractivity contribution in [3.8, 4) is 0 Å². The predicted molar refractivity (Wildman–Crippen MR) is 65.5 cm³/mol. The summed E-state index contributed by atoms with van der Waals surface area (Å²) in [4.78, 5) is 0. The molecular formula is C12H22F2N+. The van der Waals surface area contributed by atoms with Crippen molar-refractivity contribution in [3.05, 3.63) is 50.6 Å². The van der Waals surface area contributed by atoms with Crippen LogP contribution in [0.2, 0.25) is 0 Å². The number of hydrogen-bond acceptors (Lipinski definition) is 0. The molecule has 0 aliphatic heterocycles. The van der Waals surface area contributed by atoms with Gasteiger partial charge in [-0.2, -0.15) is 0 Å². The molecule has 0 unspecified atom stereocenters. The lowest BCUT2D eigenvalue weighted by Crippen LogP contribution is -2.48. The van der Waals surface area contributed by atoms with Crippen molar-refractivity contribution < 1.29 is 13.9 Å². The molecule has 0 aromatic heterocycles. The Balaban J connectivity index is -0.000000720. The molecule has 0 rings (SSSR count). The Morgan fingerprint density at radius 2 is 0.800 bits per heavy atom. The second kappa shape index (κ2) is 10.9. The predicted octanol–water partition coefficient (Wildman–Crippen LogP) is 2.85. The van der Waals surface area contributed by atoms with Crippen molar-refractivity contribution in [2.24, 2.45) is 0 Å². The summed E-state index contributed by atoms with van der Waals surface area (Å²) >= 11 is 0. The highest BCUT2D eigenvalue weighted by Crippen LogP contribution is 2.07. The Kier molecular flexibility index (Phi) is 14.0. The second-order valence-electron chi connectivity index (χ2n) is 3.23. The Labute approximate surface area is 91.4 Å². The summed E-state index contributed by atoms with van der Waals surface area (Å²) in [7, 11) is 0. The maximum absolute atomic E-state index is 3.77.